The van der Waals surface area contributed by atoms with Crippen LogP contribution in [-0.4, -0.2) is 44.1 Å². The molecule has 2 aromatic carbocycles. The highest BCUT2D eigenvalue weighted by atomic mass is 32.1. The van der Waals surface area contributed by atoms with Gasteiger partial charge in [-0.1, -0.05) is 11.3 Å². The van der Waals surface area contributed by atoms with Crippen LogP contribution >= 0.6 is 11.3 Å². The normalized spacial score (nSPS) is 12.8. The number of carbonyl (C=O) groups excluding carboxylic acids is 2. The first-order chi connectivity index (χ1) is 15.0. The van der Waals surface area contributed by atoms with Gasteiger partial charge in [-0.25, -0.2) is 0 Å². The van der Waals surface area contributed by atoms with E-state index >= 15 is 0 Å². The Kier molecular flexibility index (Phi) is 5.81. The Labute approximate surface area is 181 Å². The van der Waals surface area contributed by atoms with Gasteiger partial charge in [-0.3, -0.25) is 9.59 Å². The molecule has 0 radical (unpaired) electrons. The monoisotopic (exact) mass is 444 g/mol. The summed E-state index contributed by atoms with van der Waals surface area (Å²) in [5.74, 6) is 1.19. The smallest absolute Gasteiger partial charge is 0.326 e. The van der Waals surface area contributed by atoms with Crippen LogP contribution in [0.5, 0.6) is 23.0 Å². The van der Waals surface area contributed by atoms with E-state index in [1.54, 1.807) is 35.8 Å². The third kappa shape index (κ3) is 4.06. The molecule has 0 bridgehead atoms. The van der Waals surface area contributed by atoms with E-state index in [-0.39, 0.29) is 19.9 Å². The fraction of sp³-hybridized carbons (Fsp3) is 0.286. The molecule has 0 saturated carbocycles. The molecule has 9 nitrogen and oxygen atoms in total. The van der Waals surface area contributed by atoms with Crippen molar-refractivity contribution in [2.45, 2.75) is 13.5 Å². The summed E-state index contributed by atoms with van der Waals surface area (Å²) in [6.07, 6.45) is 0. The lowest BCUT2D eigenvalue weighted by Crippen LogP contribution is -2.23. The van der Waals surface area contributed by atoms with Crippen molar-refractivity contribution in [3.63, 3.8) is 0 Å². The Morgan fingerprint density at radius 1 is 1.10 bits per heavy atom. The van der Waals surface area contributed by atoms with Gasteiger partial charge in [0.15, 0.2) is 27.8 Å². The predicted octanol–water partition coefficient (Wildman–Crippen LogP) is 2.75. The number of fused-ring (bicyclic) bond motifs is 2. The van der Waals surface area contributed by atoms with E-state index in [9.17, 15) is 9.59 Å². The van der Waals surface area contributed by atoms with Crippen molar-refractivity contribution in [3.8, 4) is 23.0 Å². The maximum absolute atomic E-state index is 12.9. The number of aromatic nitrogens is 1. The summed E-state index contributed by atoms with van der Waals surface area (Å²) in [7, 11) is 3.01. The summed E-state index contributed by atoms with van der Waals surface area (Å²) in [5.41, 5.74) is 1.02. The maximum atomic E-state index is 12.9. The average Bonchev–Trinajstić information content (AvgIpc) is 3.35. The van der Waals surface area contributed by atoms with E-state index in [0.717, 1.165) is 4.70 Å². The van der Waals surface area contributed by atoms with Gasteiger partial charge in [0, 0.05) is 17.7 Å². The molecule has 0 aliphatic carbocycles. The largest absolute Gasteiger partial charge is 0.493 e. The highest BCUT2D eigenvalue weighted by molar-refractivity contribution is 7.16. The zero-order chi connectivity index (χ0) is 22.0. The Morgan fingerprint density at radius 2 is 1.84 bits per heavy atom. The lowest BCUT2D eigenvalue weighted by Gasteiger charge is -2.08. The second-order valence-corrected chi connectivity index (χ2v) is 7.44. The first kappa shape index (κ1) is 20.7. The van der Waals surface area contributed by atoms with Crippen molar-refractivity contribution in [2.24, 2.45) is 4.99 Å². The molecule has 1 aromatic heterocycles. The maximum Gasteiger partial charge on any atom is 0.326 e. The fourth-order valence-electron chi connectivity index (χ4n) is 3.15. The number of carbonyl (C=O) groups is 2. The van der Waals surface area contributed by atoms with Crippen molar-refractivity contribution >= 4 is 33.4 Å². The van der Waals surface area contributed by atoms with Crippen LogP contribution in [0.4, 0.5) is 0 Å². The van der Waals surface area contributed by atoms with Gasteiger partial charge >= 0.3 is 5.97 Å². The van der Waals surface area contributed by atoms with Gasteiger partial charge in [0.05, 0.1) is 31.0 Å². The number of methoxy groups -OCH3 is 2. The van der Waals surface area contributed by atoms with E-state index in [0.29, 0.717) is 38.9 Å². The zero-order valence-corrected chi connectivity index (χ0v) is 18.0. The first-order valence-corrected chi connectivity index (χ1v) is 10.3. The number of rotatable bonds is 6. The van der Waals surface area contributed by atoms with Crippen LogP contribution in [-0.2, 0) is 16.1 Å². The molecular formula is C21H20N2O7S. The number of ether oxygens (including phenoxy) is 5. The van der Waals surface area contributed by atoms with Crippen LogP contribution in [0.2, 0.25) is 0 Å². The van der Waals surface area contributed by atoms with E-state index in [1.807, 2.05) is 6.07 Å². The molecule has 0 spiro atoms. The van der Waals surface area contributed by atoms with Crippen molar-refractivity contribution < 1.29 is 33.3 Å². The topological polar surface area (TPSA) is 97.6 Å². The van der Waals surface area contributed by atoms with E-state index in [4.69, 9.17) is 23.7 Å². The van der Waals surface area contributed by atoms with Gasteiger partial charge in [0.25, 0.3) is 5.91 Å². The van der Waals surface area contributed by atoms with Crippen molar-refractivity contribution in [1.29, 1.82) is 0 Å². The Balaban J connectivity index is 1.80. The number of thiazole rings is 1. The third-order valence-electron chi connectivity index (χ3n) is 4.60. The van der Waals surface area contributed by atoms with E-state index < -0.39 is 11.9 Å². The molecule has 0 N–H and O–H groups in total. The quantitative estimate of drug-likeness (QED) is 0.539. The predicted molar refractivity (Wildman–Crippen MR) is 112 cm³/mol. The highest BCUT2D eigenvalue weighted by Gasteiger charge is 2.20. The van der Waals surface area contributed by atoms with Gasteiger partial charge < -0.3 is 28.3 Å². The van der Waals surface area contributed by atoms with Crippen LogP contribution < -0.4 is 23.7 Å². The minimum absolute atomic E-state index is 0.0917. The summed E-state index contributed by atoms with van der Waals surface area (Å²) in [5, 5.41) is 0. The molecule has 2 heterocycles. The van der Waals surface area contributed by atoms with Gasteiger partial charge in [0.2, 0.25) is 6.79 Å². The summed E-state index contributed by atoms with van der Waals surface area (Å²) in [6, 6.07) is 8.38. The molecule has 1 aliphatic rings. The lowest BCUT2D eigenvalue weighted by molar-refractivity contribution is -0.143. The highest BCUT2D eigenvalue weighted by Crippen LogP contribution is 2.37. The van der Waals surface area contributed by atoms with Crippen molar-refractivity contribution in [1.82, 2.24) is 4.57 Å². The zero-order valence-electron chi connectivity index (χ0n) is 17.2. The van der Waals surface area contributed by atoms with Crippen molar-refractivity contribution in [2.75, 3.05) is 27.6 Å². The number of benzene rings is 2. The number of amides is 1. The summed E-state index contributed by atoms with van der Waals surface area (Å²) < 4.78 is 28.9. The number of nitrogens with zero attached hydrogens (tertiary/aromatic N) is 2. The van der Waals surface area contributed by atoms with Crippen LogP contribution in [0.3, 0.4) is 0 Å². The summed E-state index contributed by atoms with van der Waals surface area (Å²) >= 11 is 1.27. The molecule has 1 aliphatic heterocycles. The summed E-state index contributed by atoms with van der Waals surface area (Å²) in [4.78, 5) is 29.7. The Hall–Kier alpha value is -3.53. The Bertz CT molecular complexity index is 1230. The number of hydrogen-bond donors (Lipinski definition) is 0. The minimum atomic E-state index is -0.481. The van der Waals surface area contributed by atoms with Crippen molar-refractivity contribution in [3.05, 3.63) is 40.7 Å². The lowest BCUT2D eigenvalue weighted by atomic mass is 10.2. The molecule has 1 amide bonds. The fourth-order valence-corrected chi connectivity index (χ4v) is 4.19. The first-order valence-electron chi connectivity index (χ1n) is 9.43. The molecule has 4 rings (SSSR count). The summed E-state index contributed by atoms with van der Waals surface area (Å²) in [6.45, 7) is 2.04. The molecule has 0 atom stereocenters. The van der Waals surface area contributed by atoms with Gasteiger partial charge in [0.1, 0.15) is 6.54 Å². The standard InChI is InChI=1S/C21H20N2O7S/c1-4-28-19(24)10-23-13-8-16-17(30-11-29-16)9-18(13)31-21(23)22-20(25)12-5-6-14(26-2)15(7-12)27-3/h5-9H,4,10-11H2,1-3H3. The van der Waals surface area contributed by atoms with Crippen LogP contribution in [0, 0.1) is 0 Å². The van der Waals surface area contributed by atoms with E-state index in [1.165, 1.54) is 25.6 Å². The van der Waals surface area contributed by atoms with Crippen LogP contribution in [0.1, 0.15) is 17.3 Å². The van der Waals surface area contributed by atoms with Gasteiger partial charge in [-0.15, -0.1) is 0 Å². The average molecular weight is 444 g/mol. The second-order valence-electron chi connectivity index (χ2n) is 6.44. The van der Waals surface area contributed by atoms with Gasteiger partial charge in [-0.05, 0) is 25.1 Å². The molecule has 0 saturated heterocycles. The number of esters is 1. The molecule has 0 unspecified atom stereocenters. The Morgan fingerprint density at radius 3 is 2.55 bits per heavy atom. The molecule has 3 aromatic rings. The van der Waals surface area contributed by atoms with Gasteiger partial charge in [-0.2, -0.15) is 4.99 Å². The second kappa shape index (κ2) is 8.68. The van der Waals surface area contributed by atoms with E-state index in [2.05, 4.69) is 4.99 Å². The minimum Gasteiger partial charge on any atom is -0.493 e. The third-order valence-corrected chi connectivity index (χ3v) is 5.64. The molecule has 0 fully saturated rings. The number of hydrogen-bond acceptors (Lipinski definition) is 8. The molecular weight excluding hydrogens is 424 g/mol. The molecule has 10 heteroatoms. The molecule has 162 valence electrons. The SMILES string of the molecule is CCOC(=O)Cn1c(=NC(=O)c2ccc(OC)c(OC)c2)sc2cc3c(cc21)OCO3. The van der Waals surface area contributed by atoms with Crippen LogP contribution in [0.15, 0.2) is 35.3 Å². The molecule has 31 heavy (non-hydrogen) atoms. The van der Waals surface area contributed by atoms with Crippen LogP contribution in [0.25, 0.3) is 10.2 Å².